The molecule has 1 heterocycles. The summed E-state index contributed by atoms with van der Waals surface area (Å²) in [5, 5.41) is 10.1. The fourth-order valence-corrected chi connectivity index (χ4v) is 7.00. The van der Waals surface area contributed by atoms with Gasteiger partial charge >= 0.3 is 0 Å². The van der Waals surface area contributed by atoms with Crippen LogP contribution in [0.4, 0.5) is 0 Å². The van der Waals surface area contributed by atoms with Crippen LogP contribution in [-0.4, -0.2) is 26.3 Å². The van der Waals surface area contributed by atoms with Gasteiger partial charge in [0.2, 0.25) is 0 Å². The highest BCUT2D eigenvalue weighted by atomic mass is 35.5. The summed E-state index contributed by atoms with van der Waals surface area (Å²) < 4.78 is 2.09. The number of aromatic nitrogens is 3. The lowest BCUT2D eigenvalue weighted by Crippen LogP contribution is -2.36. The maximum atomic E-state index is 13.1. The minimum Gasteiger partial charge on any atom is -0.302 e. The Balaban J connectivity index is 1.28. The average Bonchev–Trinajstić information content (AvgIpc) is 3.23. The molecule has 4 saturated carbocycles. The molecule has 142 valence electrons. The third kappa shape index (κ3) is 3.13. The van der Waals surface area contributed by atoms with Gasteiger partial charge in [-0.05, 0) is 74.5 Å². The van der Waals surface area contributed by atoms with Gasteiger partial charge in [-0.1, -0.05) is 35.5 Å². The van der Waals surface area contributed by atoms with Crippen LogP contribution in [0.5, 0.6) is 0 Å². The van der Waals surface area contributed by atoms with E-state index in [4.69, 9.17) is 11.6 Å². The predicted molar refractivity (Wildman–Crippen MR) is 107 cm³/mol. The molecule has 0 saturated heterocycles. The lowest BCUT2D eigenvalue weighted by Gasteiger charge is -2.36. The minimum absolute atomic E-state index is 0.0143. The van der Waals surface area contributed by atoms with Crippen LogP contribution in [0, 0.1) is 30.1 Å². The fraction of sp³-hybridized carbons (Fsp3) is 0.571. The van der Waals surface area contributed by atoms with Crippen LogP contribution in [0.2, 0.25) is 5.02 Å². The van der Waals surface area contributed by atoms with Crippen LogP contribution >= 0.6 is 23.4 Å². The maximum Gasteiger partial charge on any atom is 0.191 e. The van der Waals surface area contributed by atoms with Crippen molar-refractivity contribution < 1.29 is 4.79 Å². The Bertz CT molecular complexity index is 859. The summed E-state index contributed by atoms with van der Waals surface area (Å²) in [5.74, 6) is 4.31. The van der Waals surface area contributed by atoms with Gasteiger partial charge in [0.1, 0.15) is 11.6 Å². The van der Waals surface area contributed by atoms with E-state index in [0.717, 1.165) is 58.6 Å². The molecule has 0 radical (unpaired) electrons. The molecule has 4 bridgehead atoms. The Morgan fingerprint density at radius 2 is 1.89 bits per heavy atom. The summed E-state index contributed by atoms with van der Waals surface area (Å²) in [4.78, 5) is 13.1. The zero-order valence-corrected chi connectivity index (χ0v) is 17.1. The molecule has 4 aliphatic rings. The Morgan fingerprint density at radius 3 is 2.56 bits per heavy atom. The van der Waals surface area contributed by atoms with E-state index >= 15 is 0 Å². The first-order valence-corrected chi connectivity index (χ1v) is 11.2. The Kier molecular flexibility index (Phi) is 4.36. The van der Waals surface area contributed by atoms with Crippen LogP contribution in [0.3, 0.4) is 0 Å². The van der Waals surface area contributed by atoms with Gasteiger partial charge in [0.05, 0.1) is 12.3 Å². The van der Waals surface area contributed by atoms with E-state index < -0.39 is 0 Å². The topological polar surface area (TPSA) is 47.8 Å². The lowest BCUT2D eigenvalue weighted by molar-refractivity contribution is -0.128. The van der Waals surface area contributed by atoms with Gasteiger partial charge in [0.15, 0.2) is 5.16 Å². The molecule has 1 aromatic heterocycles. The van der Waals surface area contributed by atoms with Crippen molar-refractivity contribution in [3.63, 3.8) is 0 Å². The number of halogens is 1. The number of Topliss-reactive ketones (excluding diaryl/α,β-unsaturated/α-hetero) is 1. The number of aryl methyl sites for hydroxylation is 1. The zero-order valence-electron chi connectivity index (χ0n) is 15.5. The Hall–Kier alpha value is -1.33. The lowest BCUT2D eigenvalue weighted by atomic mass is 9.67. The number of ketones is 1. The second-order valence-electron chi connectivity index (χ2n) is 8.70. The molecule has 2 atom stereocenters. The number of benzene rings is 1. The van der Waals surface area contributed by atoms with Gasteiger partial charge in [0, 0.05) is 10.4 Å². The Morgan fingerprint density at radius 1 is 1.19 bits per heavy atom. The van der Waals surface area contributed by atoms with Crippen molar-refractivity contribution in [2.24, 2.45) is 23.2 Å². The van der Waals surface area contributed by atoms with Gasteiger partial charge in [-0.25, -0.2) is 0 Å². The average molecular weight is 402 g/mol. The maximum absolute atomic E-state index is 13.1. The summed E-state index contributed by atoms with van der Waals surface area (Å²) in [6.45, 7) is 2.66. The van der Waals surface area contributed by atoms with Crippen LogP contribution < -0.4 is 0 Å². The predicted octanol–water partition coefficient (Wildman–Crippen LogP) is 4.78. The van der Waals surface area contributed by atoms with Gasteiger partial charge in [0.25, 0.3) is 0 Å². The van der Waals surface area contributed by atoms with Crippen molar-refractivity contribution >= 4 is 29.1 Å². The first kappa shape index (κ1) is 17.7. The molecule has 4 aliphatic carbocycles. The molecule has 6 heteroatoms. The van der Waals surface area contributed by atoms with Crippen molar-refractivity contribution in [3.8, 4) is 0 Å². The number of carbonyl (C=O) groups is 1. The smallest absolute Gasteiger partial charge is 0.191 e. The monoisotopic (exact) mass is 401 g/mol. The molecule has 27 heavy (non-hydrogen) atoms. The van der Waals surface area contributed by atoms with Crippen molar-refractivity contribution in [3.05, 3.63) is 40.7 Å². The van der Waals surface area contributed by atoms with E-state index in [1.54, 1.807) is 11.8 Å². The SMILES string of the molecule is Cc1nnc(SCC(=O)C23CC4CC(C2)C(C4)C3)n1Cc1ccc(Cl)cc1. The first-order valence-electron chi connectivity index (χ1n) is 9.83. The van der Waals surface area contributed by atoms with E-state index in [-0.39, 0.29) is 5.41 Å². The summed E-state index contributed by atoms with van der Waals surface area (Å²) in [6.07, 6.45) is 6.17. The summed E-state index contributed by atoms with van der Waals surface area (Å²) in [5.41, 5.74) is 1.14. The van der Waals surface area contributed by atoms with Gasteiger partial charge < -0.3 is 4.57 Å². The number of hydrogen-bond donors (Lipinski definition) is 0. The van der Waals surface area contributed by atoms with E-state index in [9.17, 15) is 4.79 Å². The quantitative estimate of drug-likeness (QED) is 0.654. The summed E-state index contributed by atoms with van der Waals surface area (Å²) in [6, 6.07) is 7.84. The molecule has 0 amide bonds. The molecule has 6 rings (SSSR count). The third-order valence-electron chi connectivity index (χ3n) is 7.00. The van der Waals surface area contributed by atoms with Gasteiger partial charge in [-0.3, -0.25) is 4.79 Å². The Labute approximate surface area is 169 Å². The highest BCUT2D eigenvalue weighted by Gasteiger charge is 2.58. The van der Waals surface area contributed by atoms with E-state index in [1.807, 2.05) is 31.2 Å². The zero-order chi connectivity index (χ0) is 18.6. The summed E-state index contributed by atoms with van der Waals surface area (Å²) >= 11 is 7.54. The van der Waals surface area contributed by atoms with Crippen molar-refractivity contribution in [2.75, 3.05) is 5.75 Å². The van der Waals surface area contributed by atoms with E-state index in [0.29, 0.717) is 18.1 Å². The van der Waals surface area contributed by atoms with Crippen LogP contribution in [0.1, 0.15) is 43.5 Å². The molecule has 2 unspecified atom stereocenters. The number of hydrogen-bond acceptors (Lipinski definition) is 4. The summed E-state index contributed by atoms with van der Waals surface area (Å²) in [7, 11) is 0. The second-order valence-corrected chi connectivity index (χ2v) is 10.1. The minimum atomic E-state index is -0.0143. The molecule has 1 aromatic carbocycles. The highest BCUT2D eigenvalue weighted by Crippen LogP contribution is 2.64. The molecule has 4 nitrogen and oxygen atoms in total. The number of rotatable bonds is 6. The highest BCUT2D eigenvalue weighted by molar-refractivity contribution is 7.99. The normalized spacial score (nSPS) is 31.0. The standard InChI is InChI=1S/C21H24ClN3OS/c1-13-23-24-20(25(13)11-14-2-4-18(22)5-3-14)27-12-19(26)21-8-15-6-16(9-21)17(7-15)10-21/h2-5,15-17H,6-12H2,1H3. The molecule has 0 aliphatic heterocycles. The second kappa shape index (κ2) is 6.63. The number of nitrogens with zero attached hydrogens (tertiary/aromatic N) is 3. The van der Waals surface area contributed by atoms with Crippen molar-refractivity contribution in [1.29, 1.82) is 0 Å². The van der Waals surface area contributed by atoms with Gasteiger partial charge in [-0.15, -0.1) is 10.2 Å². The van der Waals surface area contributed by atoms with E-state index in [2.05, 4.69) is 14.8 Å². The van der Waals surface area contributed by atoms with Crippen molar-refractivity contribution in [1.82, 2.24) is 14.8 Å². The third-order valence-corrected chi connectivity index (χ3v) is 8.22. The number of carbonyl (C=O) groups excluding carboxylic acids is 1. The van der Waals surface area contributed by atoms with Crippen molar-refractivity contribution in [2.45, 2.75) is 50.7 Å². The first-order chi connectivity index (χ1) is 13.0. The molecular weight excluding hydrogens is 378 g/mol. The van der Waals surface area contributed by atoms with Gasteiger partial charge in [-0.2, -0.15) is 0 Å². The molecular formula is C21H24ClN3OS. The number of thioether (sulfide) groups is 1. The fourth-order valence-electron chi connectivity index (χ4n) is 5.86. The van der Waals surface area contributed by atoms with E-state index in [1.165, 1.54) is 12.8 Å². The molecule has 4 fully saturated rings. The van der Waals surface area contributed by atoms with Crippen LogP contribution in [-0.2, 0) is 11.3 Å². The molecule has 0 N–H and O–H groups in total. The molecule has 2 aromatic rings. The van der Waals surface area contributed by atoms with Crippen LogP contribution in [0.25, 0.3) is 0 Å². The van der Waals surface area contributed by atoms with Crippen LogP contribution in [0.15, 0.2) is 29.4 Å². The molecule has 0 spiro atoms. The largest absolute Gasteiger partial charge is 0.302 e.